The Morgan fingerprint density at radius 3 is 2.79 bits per heavy atom. The summed E-state index contributed by atoms with van der Waals surface area (Å²) >= 11 is 1.59. The van der Waals surface area contributed by atoms with Crippen LogP contribution in [0.4, 0.5) is 0 Å². The van der Waals surface area contributed by atoms with E-state index in [9.17, 15) is 5.11 Å². The maximum absolute atomic E-state index is 10.1. The average Bonchev–Trinajstić information content (AvgIpc) is 2.88. The van der Waals surface area contributed by atoms with Gasteiger partial charge >= 0.3 is 0 Å². The molecule has 14 heavy (non-hydrogen) atoms. The van der Waals surface area contributed by atoms with Gasteiger partial charge in [0.25, 0.3) is 0 Å². The molecular formula is C11H16O2S. The molecule has 1 saturated carbocycles. The van der Waals surface area contributed by atoms with E-state index in [-0.39, 0.29) is 6.10 Å². The first kappa shape index (κ1) is 9.99. The van der Waals surface area contributed by atoms with E-state index in [4.69, 9.17) is 4.74 Å². The molecule has 2 nitrogen and oxygen atoms in total. The van der Waals surface area contributed by atoms with Crippen LogP contribution in [0, 0.1) is 5.92 Å². The Hall–Kier alpha value is -0.540. The molecule has 0 radical (unpaired) electrons. The molecule has 1 aliphatic rings. The molecule has 1 unspecified atom stereocenters. The summed E-state index contributed by atoms with van der Waals surface area (Å²) in [7, 11) is 1.66. The number of thiophene rings is 1. The van der Waals surface area contributed by atoms with Gasteiger partial charge in [-0.25, -0.2) is 0 Å². The number of methoxy groups -OCH3 is 1. The first-order valence-electron chi connectivity index (χ1n) is 5.11. The van der Waals surface area contributed by atoms with Crippen LogP contribution in [0.2, 0.25) is 0 Å². The SMILES string of the molecule is COc1csc(C(O)C2CCCC2)c1. The van der Waals surface area contributed by atoms with E-state index in [1.165, 1.54) is 25.7 Å². The molecular weight excluding hydrogens is 196 g/mol. The van der Waals surface area contributed by atoms with Gasteiger partial charge in [0.2, 0.25) is 0 Å². The Morgan fingerprint density at radius 2 is 2.21 bits per heavy atom. The van der Waals surface area contributed by atoms with Gasteiger partial charge in [-0.15, -0.1) is 11.3 Å². The summed E-state index contributed by atoms with van der Waals surface area (Å²) in [6.45, 7) is 0. The number of hydrogen-bond acceptors (Lipinski definition) is 3. The topological polar surface area (TPSA) is 29.5 Å². The molecule has 1 aliphatic carbocycles. The third kappa shape index (κ3) is 1.93. The van der Waals surface area contributed by atoms with Crippen molar-refractivity contribution in [2.75, 3.05) is 7.11 Å². The van der Waals surface area contributed by atoms with Crippen molar-refractivity contribution in [3.63, 3.8) is 0 Å². The van der Waals surface area contributed by atoms with Crippen molar-refractivity contribution in [2.45, 2.75) is 31.8 Å². The van der Waals surface area contributed by atoms with Crippen molar-refractivity contribution in [1.82, 2.24) is 0 Å². The summed E-state index contributed by atoms with van der Waals surface area (Å²) in [5.41, 5.74) is 0. The van der Waals surface area contributed by atoms with Crippen LogP contribution in [-0.4, -0.2) is 12.2 Å². The fourth-order valence-corrected chi connectivity index (χ4v) is 3.03. The molecule has 0 saturated heterocycles. The zero-order chi connectivity index (χ0) is 9.97. The normalized spacial score (nSPS) is 19.9. The van der Waals surface area contributed by atoms with E-state index in [1.54, 1.807) is 18.4 Å². The molecule has 1 aromatic rings. The number of hydrogen-bond donors (Lipinski definition) is 1. The van der Waals surface area contributed by atoms with Crippen molar-refractivity contribution < 1.29 is 9.84 Å². The van der Waals surface area contributed by atoms with Gasteiger partial charge < -0.3 is 9.84 Å². The van der Waals surface area contributed by atoms with Crippen LogP contribution in [0.15, 0.2) is 11.4 Å². The van der Waals surface area contributed by atoms with Crippen LogP contribution < -0.4 is 4.74 Å². The van der Waals surface area contributed by atoms with Gasteiger partial charge in [0, 0.05) is 10.3 Å². The molecule has 1 atom stereocenters. The molecule has 0 aromatic carbocycles. The lowest BCUT2D eigenvalue weighted by molar-refractivity contribution is 0.115. The van der Waals surface area contributed by atoms with Gasteiger partial charge in [-0.3, -0.25) is 0 Å². The lowest BCUT2D eigenvalue weighted by Crippen LogP contribution is -2.06. The average molecular weight is 212 g/mol. The highest BCUT2D eigenvalue weighted by Gasteiger charge is 2.25. The van der Waals surface area contributed by atoms with Crippen LogP contribution >= 0.6 is 11.3 Å². The maximum atomic E-state index is 10.1. The third-order valence-electron chi connectivity index (χ3n) is 2.97. The smallest absolute Gasteiger partial charge is 0.129 e. The van der Waals surface area contributed by atoms with Gasteiger partial charge in [0.15, 0.2) is 0 Å². The summed E-state index contributed by atoms with van der Waals surface area (Å²) in [5, 5.41) is 12.0. The molecule has 1 aromatic heterocycles. The molecule has 0 spiro atoms. The van der Waals surface area contributed by atoms with Crippen LogP contribution in [0.3, 0.4) is 0 Å². The largest absolute Gasteiger partial charge is 0.496 e. The van der Waals surface area contributed by atoms with Gasteiger partial charge in [-0.05, 0) is 24.8 Å². The summed E-state index contributed by atoms with van der Waals surface area (Å²) in [5.74, 6) is 1.33. The Kier molecular flexibility index (Phi) is 3.08. The van der Waals surface area contributed by atoms with Gasteiger partial charge in [-0.2, -0.15) is 0 Å². The second-order valence-electron chi connectivity index (χ2n) is 3.88. The highest BCUT2D eigenvalue weighted by molar-refractivity contribution is 7.10. The molecule has 2 rings (SSSR count). The minimum absolute atomic E-state index is 0.272. The van der Waals surface area contributed by atoms with Crippen molar-refractivity contribution in [1.29, 1.82) is 0 Å². The lowest BCUT2D eigenvalue weighted by Gasteiger charge is -2.15. The fourth-order valence-electron chi connectivity index (χ4n) is 2.10. The first-order valence-corrected chi connectivity index (χ1v) is 5.99. The second-order valence-corrected chi connectivity index (χ2v) is 4.82. The van der Waals surface area contributed by atoms with Crippen molar-refractivity contribution in [3.05, 3.63) is 16.3 Å². The summed E-state index contributed by atoms with van der Waals surface area (Å²) in [6.07, 6.45) is 4.60. The Bertz CT molecular complexity index is 289. The van der Waals surface area contributed by atoms with E-state index >= 15 is 0 Å². The molecule has 78 valence electrons. The summed E-state index contributed by atoms with van der Waals surface area (Å²) in [6, 6.07) is 1.95. The zero-order valence-electron chi connectivity index (χ0n) is 8.40. The predicted octanol–water partition coefficient (Wildman–Crippen LogP) is 2.98. The van der Waals surface area contributed by atoms with Crippen LogP contribution in [0.1, 0.15) is 36.7 Å². The van der Waals surface area contributed by atoms with Crippen molar-refractivity contribution in [2.24, 2.45) is 5.92 Å². The quantitative estimate of drug-likeness (QED) is 0.834. The van der Waals surface area contributed by atoms with Gasteiger partial charge in [-0.1, -0.05) is 12.8 Å². The maximum Gasteiger partial charge on any atom is 0.129 e. The molecule has 3 heteroatoms. The molecule has 0 aliphatic heterocycles. The Labute approximate surface area is 88.5 Å². The Balaban J connectivity index is 2.05. The van der Waals surface area contributed by atoms with E-state index in [2.05, 4.69) is 0 Å². The number of aliphatic hydroxyl groups excluding tert-OH is 1. The van der Waals surface area contributed by atoms with Crippen molar-refractivity contribution in [3.8, 4) is 5.75 Å². The highest BCUT2D eigenvalue weighted by atomic mass is 32.1. The first-order chi connectivity index (χ1) is 6.81. The lowest BCUT2D eigenvalue weighted by atomic mass is 10.00. The molecule has 0 amide bonds. The monoisotopic (exact) mass is 212 g/mol. The standard InChI is InChI=1S/C11H16O2S/c1-13-9-6-10(14-7-9)11(12)8-4-2-3-5-8/h6-8,11-12H,2-5H2,1H3. The van der Waals surface area contributed by atoms with Gasteiger partial charge in [0.1, 0.15) is 5.75 Å². The molecule has 1 fully saturated rings. The number of aliphatic hydroxyl groups is 1. The molecule has 1 N–H and O–H groups in total. The minimum atomic E-state index is -0.272. The molecule has 1 heterocycles. The number of rotatable bonds is 3. The fraction of sp³-hybridized carbons (Fsp3) is 0.636. The second kappa shape index (κ2) is 4.32. The van der Waals surface area contributed by atoms with E-state index < -0.39 is 0 Å². The van der Waals surface area contributed by atoms with Crippen LogP contribution in [-0.2, 0) is 0 Å². The minimum Gasteiger partial charge on any atom is -0.496 e. The van der Waals surface area contributed by atoms with E-state index in [0.29, 0.717) is 5.92 Å². The van der Waals surface area contributed by atoms with Crippen LogP contribution in [0.25, 0.3) is 0 Å². The molecule has 0 bridgehead atoms. The van der Waals surface area contributed by atoms with Crippen molar-refractivity contribution >= 4 is 11.3 Å². The summed E-state index contributed by atoms with van der Waals surface area (Å²) in [4.78, 5) is 1.05. The summed E-state index contributed by atoms with van der Waals surface area (Å²) < 4.78 is 5.11. The zero-order valence-corrected chi connectivity index (χ0v) is 9.22. The van der Waals surface area contributed by atoms with E-state index in [1.807, 2.05) is 11.4 Å². The van der Waals surface area contributed by atoms with E-state index in [0.717, 1.165) is 10.6 Å². The third-order valence-corrected chi connectivity index (χ3v) is 3.95. The predicted molar refractivity (Wildman–Crippen MR) is 57.8 cm³/mol. The highest BCUT2D eigenvalue weighted by Crippen LogP contribution is 2.38. The van der Waals surface area contributed by atoms with Crippen LogP contribution in [0.5, 0.6) is 5.75 Å². The van der Waals surface area contributed by atoms with Gasteiger partial charge in [0.05, 0.1) is 13.2 Å². The Morgan fingerprint density at radius 1 is 1.50 bits per heavy atom. The number of ether oxygens (including phenoxy) is 1.